The summed E-state index contributed by atoms with van der Waals surface area (Å²) in [6, 6.07) is 32.8. The van der Waals surface area contributed by atoms with Gasteiger partial charge in [0.25, 0.3) is 0 Å². The molecule has 5 atom stereocenters. The van der Waals surface area contributed by atoms with Crippen LogP contribution in [0.25, 0.3) is 0 Å². The third-order valence-corrected chi connectivity index (χ3v) is 11.3. The Labute approximate surface area is 273 Å². The van der Waals surface area contributed by atoms with Gasteiger partial charge >= 0.3 is 0 Å². The van der Waals surface area contributed by atoms with Crippen molar-refractivity contribution >= 4 is 16.1 Å². The van der Waals surface area contributed by atoms with Gasteiger partial charge in [-0.25, -0.2) is 0 Å². The second-order valence-electron chi connectivity index (χ2n) is 14.4. The van der Waals surface area contributed by atoms with E-state index in [2.05, 4.69) is 75.7 Å². The van der Waals surface area contributed by atoms with Gasteiger partial charge in [-0.3, -0.25) is 0 Å². The van der Waals surface area contributed by atoms with Crippen LogP contribution in [-0.2, 0) is 48.2 Å². The normalized spacial score (nSPS) is 22.4. The standard InChI is InChI=1S/C37H54O6Si2/c1-44(2,3)24-22-39-34-33(29-38-26-30-16-10-7-11-17-30)43-37(40-23-25-45(4,5)6)36(42-28-32-20-14-9-15-21-32)35(34)41-27-31-18-12-8-13-19-31/h7-21,33-37H,22-29H2,1-6H3/t33-,34-,35+,36-,37+/m1/s1. The quantitative estimate of drug-likeness (QED) is 0.130. The average molecular weight is 651 g/mol. The van der Waals surface area contributed by atoms with E-state index in [1.165, 1.54) is 0 Å². The molecule has 1 saturated heterocycles. The van der Waals surface area contributed by atoms with Gasteiger partial charge in [0, 0.05) is 29.4 Å². The fourth-order valence-electron chi connectivity index (χ4n) is 5.10. The van der Waals surface area contributed by atoms with Crippen molar-refractivity contribution in [1.29, 1.82) is 0 Å². The van der Waals surface area contributed by atoms with E-state index in [1.54, 1.807) is 0 Å². The lowest BCUT2D eigenvalue weighted by molar-refractivity contribution is -0.325. The van der Waals surface area contributed by atoms with E-state index in [-0.39, 0.29) is 6.10 Å². The van der Waals surface area contributed by atoms with E-state index < -0.39 is 40.7 Å². The summed E-state index contributed by atoms with van der Waals surface area (Å²) in [5.74, 6) is 0. The molecule has 0 bridgehead atoms. The van der Waals surface area contributed by atoms with Crippen LogP contribution in [-0.4, -0.2) is 66.7 Å². The molecule has 1 aliphatic heterocycles. The lowest BCUT2D eigenvalue weighted by Gasteiger charge is -2.46. The van der Waals surface area contributed by atoms with Crippen LogP contribution in [0.5, 0.6) is 0 Å². The molecule has 1 fully saturated rings. The van der Waals surface area contributed by atoms with Crippen molar-refractivity contribution in [3.05, 3.63) is 108 Å². The van der Waals surface area contributed by atoms with Gasteiger partial charge in [0.05, 0.1) is 26.4 Å². The van der Waals surface area contributed by atoms with Gasteiger partial charge in [-0.1, -0.05) is 130 Å². The van der Waals surface area contributed by atoms with Crippen LogP contribution in [0.3, 0.4) is 0 Å². The highest BCUT2D eigenvalue weighted by Gasteiger charge is 2.49. The van der Waals surface area contributed by atoms with Gasteiger partial charge in [0.2, 0.25) is 0 Å². The highest BCUT2D eigenvalue weighted by molar-refractivity contribution is 6.76. The van der Waals surface area contributed by atoms with Crippen LogP contribution in [0.15, 0.2) is 91.0 Å². The SMILES string of the molecule is C[Si](C)(C)CCO[C@H]1O[C@H](COCc2ccccc2)[C@@H](OCC[Si](C)(C)C)[C@H](OCc2ccccc2)[C@H]1OCc1ccccc1. The van der Waals surface area contributed by atoms with Gasteiger partial charge in [-0.2, -0.15) is 0 Å². The van der Waals surface area contributed by atoms with E-state index in [0.29, 0.717) is 39.6 Å². The van der Waals surface area contributed by atoms with Crippen molar-refractivity contribution in [2.75, 3.05) is 19.8 Å². The van der Waals surface area contributed by atoms with Crippen molar-refractivity contribution in [1.82, 2.24) is 0 Å². The van der Waals surface area contributed by atoms with Crippen molar-refractivity contribution in [2.24, 2.45) is 0 Å². The van der Waals surface area contributed by atoms with Crippen LogP contribution in [0, 0.1) is 0 Å². The Hall–Kier alpha value is -2.15. The zero-order chi connectivity index (χ0) is 32.1. The molecule has 3 aromatic rings. The molecular formula is C37H54O6Si2. The van der Waals surface area contributed by atoms with E-state index in [0.717, 1.165) is 28.8 Å². The van der Waals surface area contributed by atoms with Crippen LogP contribution >= 0.6 is 0 Å². The summed E-state index contributed by atoms with van der Waals surface area (Å²) < 4.78 is 39.8. The lowest BCUT2D eigenvalue weighted by Crippen LogP contribution is -2.62. The topological polar surface area (TPSA) is 55.4 Å². The predicted molar refractivity (Wildman–Crippen MR) is 187 cm³/mol. The zero-order valence-electron chi connectivity index (χ0n) is 28.2. The first-order chi connectivity index (χ1) is 21.6. The van der Waals surface area contributed by atoms with Crippen molar-refractivity contribution in [3.8, 4) is 0 Å². The number of hydrogen-bond acceptors (Lipinski definition) is 6. The first-order valence-corrected chi connectivity index (χ1v) is 23.8. The minimum Gasteiger partial charge on any atom is -0.374 e. The molecule has 4 rings (SSSR count). The third-order valence-electron chi connectivity index (χ3n) is 7.85. The van der Waals surface area contributed by atoms with Crippen molar-refractivity contribution in [2.45, 2.75) is 102 Å². The maximum atomic E-state index is 6.79. The van der Waals surface area contributed by atoms with Gasteiger partial charge in [0.1, 0.15) is 24.4 Å². The van der Waals surface area contributed by atoms with Gasteiger partial charge in [-0.15, -0.1) is 0 Å². The molecule has 0 radical (unpaired) electrons. The molecule has 0 aromatic heterocycles. The molecule has 0 amide bonds. The minimum atomic E-state index is -1.34. The lowest BCUT2D eigenvalue weighted by atomic mass is 9.98. The average Bonchev–Trinajstić information content (AvgIpc) is 3.00. The second kappa shape index (κ2) is 17.7. The van der Waals surface area contributed by atoms with Crippen LogP contribution in [0.2, 0.25) is 51.4 Å². The van der Waals surface area contributed by atoms with Gasteiger partial charge in [-0.05, 0) is 28.8 Å². The van der Waals surface area contributed by atoms with Crippen LogP contribution in [0.4, 0.5) is 0 Å². The predicted octanol–water partition coefficient (Wildman–Crippen LogP) is 8.18. The summed E-state index contributed by atoms with van der Waals surface area (Å²) in [7, 11) is -2.68. The van der Waals surface area contributed by atoms with Crippen molar-refractivity contribution < 1.29 is 28.4 Å². The highest BCUT2D eigenvalue weighted by atomic mass is 28.3. The molecule has 1 aliphatic rings. The van der Waals surface area contributed by atoms with Crippen molar-refractivity contribution in [3.63, 3.8) is 0 Å². The van der Waals surface area contributed by atoms with Gasteiger partial charge < -0.3 is 28.4 Å². The van der Waals surface area contributed by atoms with E-state index in [1.807, 2.05) is 54.6 Å². The summed E-state index contributed by atoms with van der Waals surface area (Å²) in [5.41, 5.74) is 3.30. The fraction of sp³-hybridized carbons (Fsp3) is 0.514. The summed E-state index contributed by atoms with van der Waals surface area (Å²) >= 11 is 0. The Morgan fingerprint density at radius 1 is 0.511 bits per heavy atom. The van der Waals surface area contributed by atoms with Crippen LogP contribution < -0.4 is 0 Å². The highest BCUT2D eigenvalue weighted by Crippen LogP contribution is 2.32. The van der Waals surface area contributed by atoms with E-state index >= 15 is 0 Å². The smallest absolute Gasteiger partial charge is 0.186 e. The Morgan fingerprint density at radius 3 is 1.44 bits per heavy atom. The molecule has 0 saturated carbocycles. The molecule has 0 unspecified atom stereocenters. The first kappa shape index (κ1) is 35.7. The molecule has 0 spiro atoms. The summed E-state index contributed by atoms with van der Waals surface area (Å²) in [6.45, 7) is 17.1. The molecule has 6 nitrogen and oxygen atoms in total. The molecule has 0 aliphatic carbocycles. The second-order valence-corrected chi connectivity index (χ2v) is 25.6. The largest absolute Gasteiger partial charge is 0.374 e. The van der Waals surface area contributed by atoms with Gasteiger partial charge in [0.15, 0.2) is 6.29 Å². The molecule has 8 heteroatoms. The zero-order valence-corrected chi connectivity index (χ0v) is 30.2. The molecule has 0 N–H and O–H groups in total. The molecule has 3 aromatic carbocycles. The molecular weight excluding hydrogens is 597 g/mol. The summed E-state index contributed by atoms with van der Waals surface area (Å²) in [4.78, 5) is 0. The maximum Gasteiger partial charge on any atom is 0.186 e. The number of benzene rings is 3. The van der Waals surface area contributed by atoms with Crippen LogP contribution in [0.1, 0.15) is 16.7 Å². The minimum absolute atomic E-state index is 0.358. The molecule has 45 heavy (non-hydrogen) atoms. The Bertz CT molecular complexity index is 1220. The Kier molecular flexibility index (Phi) is 14.0. The molecule has 246 valence electrons. The number of hydrogen-bond donors (Lipinski definition) is 0. The fourth-order valence-corrected chi connectivity index (χ4v) is 6.56. The Morgan fingerprint density at radius 2 is 0.956 bits per heavy atom. The monoisotopic (exact) mass is 650 g/mol. The molecule has 1 heterocycles. The Balaban J connectivity index is 1.61. The maximum absolute atomic E-state index is 6.79. The van der Waals surface area contributed by atoms with E-state index in [9.17, 15) is 0 Å². The first-order valence-electron chi connectivity index (χ1n) is 16.4. The summed E-state index contributed by atoms with van der Waals surface area (Å²) in [6.07, 6.45) is -2.31. The third kappa shape index (κ3) is 12.9. The number of ether oxygens (including phenoxy) is 6. The van der Waals surface area contributed by atoms with E-state index in [4.69, 9.17) is 28.4 Å². The summed E-state index contributed by atoms with van der Waals surface area (Å²) in [5, 5.41) is 0. The number of rotatable bonds is 18.